The monoisotopic (exact) mass is 248 g/mol. The molecule has 3 nitrogen and oxygen atoms in total. The Hall–Kier alpha value is -1.06. The number of rotatable bonds is 4. The molecule has 0 saturated carbocycles. The summed E-state index contributed by atoms with van der Waals surface area (Å²) >= 11 is 0. The summed E-state index contributed by atoms with van der Waals surface area (Å²) in [5, 5.41) is 7.05. The van der Waals surface area contributed by atoms with Gasteiger partial charge >= 0.3 is 0 Å². The summed E-state index contributed by atoms with van der Waals surface area (Å²) in [5.74, 6) is 0. The molecule has 18 heavy (non-hydrogen) atoms. The van der Waals surface area contributed by atoms with Crippen LogP contribution in [0.25, 0.3) is 0 Å². The molecule has 0 aromatic heterocycles. The highest BCUT2D eigenvalue weighted by Crippen LogP contribution is 2.16. The fourth-order valence-corrected chi connectivity index (χ4v) is 2.37. The van der Waals surface area contributed by atoms with Gasteiger partial charge in [-0.1, -0.05) is 6.07 Å². The lowest BCUT2D eigenvalue weighted by molar-refractivity contribution is 0.0731. The van der Waals surface area contributed by atoms with Crippen LogP contribution < -0.4 is 10.6 Å². The smallest absolute Gasteiger partial charge is 0.0621 e. The van der Waals surface area contributed by atoms with Crippen molar-refractivity contribution in [3.05, 3.63) is 29.3 Å². The van der Waals surface area contributed by atoms with E-state index in [1.807, 2.05) is 0 Å². The maximum absolute atomic E-state index is 5.48. The minimum absolute atomic E-state index is 0.450. The Morgan fingerprint density at radius 3 is 2.89 bits per heavy atom. The van der Waals surface area contributed by atoms with Crippen molar-refractivity contribution in [2.75, 3.05) is 25.1 Å². The van der Waals surface area contributed by atoms with Gasteiger partial charge in [0.25, 0.3) is 0 Å². The maximum atomic E-state index is 5.48. The molecule has 1 fully saturated rings. The van der Waals surface area contributed by atoms with E-state index in [4.69, 9.17) is 4.74 Å². The van der Waals surface area contributed by atoms with Crippen LogP contribution in [-0.2, 0) is 4.74 Å². The molecule has 2 unspecified atom stereocenters. The summed E-state index contributed by atoms with van der Waals surface area (Å²) in [7, 11) is 0. The summed E-state index contributed by atoms with van der Waals surface area (Å²) in [6, 6.07) is 7.48. The van der Waals surface area contributed by atoms with E-state index in [0.717, 1.165) is 26.2 Å². The highest BCUT2D eigenvalue weighted by molar-refractivity contribution is 5.48. The summed E-state index contributed by atoms with van der Waals surface area (Å²) in [6.07, 6.45) is 1.09. The Morgan fingerprint density at radius 1 is 1.39 bits per heavy atom. The lowest BCUT2D eigenvalue weighted by Gasteiger charge is -2.27. The first-order chi connectivity index (χ1) is 8.65. The van der Waals surface area contributed by atoms with Gasteiger partial charge in [-0.15, -0.1) is 0 Å². The molecule has 3 heteroatoms. The molecular weight excluding hydrogens is 224 g/mol. The van der Waals surface area contributed by atoms with Crippen molar-refractivity contribution >= 4 is 5.69 Å². The van der Waals surface area contributed by atoms with Crippen LogP contribution in [0.15, 0.2) is 18.2 Å². The van der Waals surface area contributed by atoms with E-state index in [9.17, 15) is 0 Å². The van der Waals surface area contributed by atoms with Gasteiger partial charge in [0.1, 0.15) is 0 Å². The van der Waals surface area contributed by atoms with Crippen LogP contribution in [0.2, 0.25) is 0 Å². The summed E-state index contributed by atoms with van der Waals surface area (Å²) in [6.45, 7) is 9.18. The lowest BCUT2D eigenvalue weighted by atomic mass is 10.1. The fourth-order valence-electron chi connectivity index (χ4n) is 2.37. The highest BCUT2D eigenvalue weighted by atomic mass is 16.5. The number of hydrogen-bond acceptors (Lipinski definition) is 3. The van der Waals surface area contributed by atoms with E-state index in [0.29, 0.717) is 12.1 Å². The second kappa shape index (κ2) is 6.21. The number of hydrogen-bond donors (Lipinski definition) is 2. The number of morpholine rings is 1. The molecule has 1 aliphatic heterocycles. The third kappa shape index (κ3) is 3.72. The topological polar surface area (TPSA) is 33.3 Å². The van der Waals surface area contributed by atoms with Crippen LogP contribution >= 0.6 is 0 Å². The van der Waals surface area contributed by atoms with E-state index in [-0.39, 0.29) is 0 Å². The molecule has 0 spiro atoms. The standard InChI is InChI=1S/C15H24N2O/c1-11-4-5-14(8-12(11)2)17-13(3)9-15-10-18-7-6-16-15/h4-5,8,13,15-17H,6-7,9-10H2,1-3H3. The van der Waals surface area contributed by atoms with E-state index < -0.39 is 0 Å². The fraction of sp³-hybridized carbons (Fsp3) is 0.600. The number of benzene rings is 1. The summed E-state index contributed by atoms with van der Waals surface area (Å²) < 4.78 is 5.48. The Balaban J connectivity index is 1.85. The van der Waals surface area contributed by atoms with Gasteiger partial charge in [0.15, 0.2) is 0 Å². The number of anilines is 1. The molecule has 2 N–H and O–H groups in total. The lowest BCUT2D eigenvalue weighted by Crippen LogP contribution is -2.43. The Labute approximate surface area is 110 Å². The van der Waals surface area contributed by atoms with Gasteiger partial charge in [-0.25, -0.2) is 0 Å². The second-order valence-corrected chi connectivity index (χ2v) is 5.31. The molecule has 0 aliphatic carbocycles. The molecule has 1 heterocycles. The van der Waals surface area contributed by atoms with Crippen LogP contribution in [0.4, 0.5) is 5.69 Å². The molecule has 2 atom stereocenters. The SMILES string of the molecule is Cc1ccc(NC(C)CC2COCCN2)cc1C. The Bertz CT molecular complexity index is 386. The van der Waals surface area contributed by atoms with Crippen LogP contribution in [0.1, 0.15) is 24.5 Å². The maximum Gasteiger partial charge on any atom is 0.0621 e. The predicted molar refractivity (Wildman–Crippen MR) is 76.2 cm³/mol. The van der Waals surface area contributed by atoms with E-state index in [1.165, 1.54) is 16.8 Å². The van der Waals surface area contributed by atoms with Crippen molar-refractivity contribution < 1.29 is 4.74 Å². The first-order valence-corrected chi connectivity index (χ1v) is 6.80. The van der Waals surface area contributed by atoms with Gasteiger partial charge in [-0.2, -0.15) is 0 Å². The van der Waals surface area contributed by atoms with Crippen LogP contribution in [-0.4, -0.2) is 31.8 Å². The number of nitrogens with one attached hydrogen (secondary N) is 2. The minimum Gasteiger partial charge on any atom is -0.383 e. The normalized spacial score (nSPS) is 21.6. The van der Waals surface area contributed by atoms with Crippen molar-refractivity contribution in [3.8, 4) is 0 Å². The van der Waals surface area contributed by atoms with Gasteiger partial charge in [0.2, 0.25) is 0 Å². The van der Waals surface area contributed by atoms with Gasteiger partial charge in [0.05, 0.1) is 13.2 Å². The van der Waals surface area contributed by atoms with Crippen molar-refractivity contribution in [1.29, 1.82) is 0 Å². The zero-order valence-electron chi connectivity index (χ0n) is 11.6. The number of aryl methyl sites for hydroxylation is 2. The molecule has 0 bridgehead atoms. The van der Waals surface area contributed by atoms with Crippen LogP contribution in [0, 0.1) is 13.8 Å². The third-order valence-electron chi connectivity index (χ3n) is 3.56. The van der Waals surface area contributed by atoms with Gasteiger partial charge in [0, 0.05) is 24.3 Å². The van der Waals surface area contributed by atoms with Crippen molar-refractivity contribution in [2.45, 2.75) is 39.3 Å². The first kappa shape index (κ1) is 13.4. The van der Waals surface area contributed by atoms with Crippen molar-refractivity contribution in [2.24, 2.45) is 0 Å². The molecule has 0 radical (unpaired) electrons. The van der Waals surface area contributed by atoms with Gasteiger partial charge in [-0.05, 0) is 50.5 Å². The molecule has 1 aromatic carbocycles. The molecule has 1 aliphatic rings. The predicted octanol–water partition coefficient (Wildman–Crippen LogP) is 2.48. The van der Waals surface area contributed by atoms with E-state index in [2.05, 4.69) is 49.6 Å². The molecule has 100 valence electrons. The minimum atomic E-state index is 0.450. The van der Waals surface area contributed by atoms with Crippen LogP contribution in [0.3, 0.4) is 0 Å². The molecule has 1 saturated heterocycles. The largest absolute Gasteiger partial charge is 0.383 e. The third-order valence-corrected chi connectivity index (χ3v) is 3.56. The van der Waals surface area contributed by atoms with Crippen LogP contribution in [0.5, 0.6) is 0 Å². The quantitative estimate of drug-likeness (QED) is 0.859. The highest BCUT2D eigenvalue weighted by Gasteiger charge is 2.16. The average molecular weight is 248 g/mol. The Kier molecular flexibility index (Phi) is 4.61. The molecular formula is C15H24N2O. The molecule has 1 aromatic rings. The van der Waals surface area contributed by atoms with E-state index >= 15 is 0 Å². The van der Waals surface area contributed by atoms with Crippen molar-refractivity contribution in [3.63, 3.8) is 0 Å². The molecule has 2 rings (SSSR count). The average Bonchev–Trinajstić information content (AvgIpc) is 2.35. The molecule has 0 amide bonds. The van der Waals surface area contributed by atoms with Crippen molar-refractivity contribution in [1.82, 2.24) is 5.32 Å². The summed E-state index contributed by atoms with van der Waals surface area (Å²) in [4.78, 5) is 0. The second-order valence-electron chi connectivity index (χ2n) is 5.31. The van der Waals surface area contributed by atoms with E-state index in [1.54, 1.807) is 0 Å². The summed E-state index contributed by atoms with van der Waals surface area (Å²) in [5.41, 5.74) is 3.89. The first-order valence-electron chi connectivity index (χ1n) is 6.80. The van der Waals surface area contributed by atoms with Gasteiger partial charge < -0.3 is 15.4 Å². The Morgan fingerprint density at radius 2 is 2.22 bits per heavy atom. The van der Waals surface area contributed by atoms with Gasteiger partial charge in [-0.3, -0.25) is 0 Å². The zero-order chi connectivity index (χ0) is 13.0. The zero-order valence-corrected chi connectivity index (χ0v) is 11.6. The number of ether oxygens (including phenoxy) is 1.